The minimum absolute atomic E-state index is 0.0844. The monoisotopic (exact) mass is 381 g/mol. The van der Waals surface area contributed by atoms with Gasteiger partial charge in [0.1, 0.15) is 23.0 Å². The molecule has 142 valence electrons. The van der Waals surface area contributed by atoms with Crippen LogP contribution in [0, 0.1) is 10.1 Å². The Morgan fingerprint density at radius 3 is 2.75 bits per heavy atom. The number of nitro groups is 1. The molecule has 0 saturated carbocycles. The molecule has 9 heteroatoms. The van der Waals surface area contributed by atoms with Crippen molar-refractivity contribution in [1.29, 1.82) is 0 Å². The fourth-order valence-electron chi connectivity index (χ4n) is 2.45. The lowest BCUT2D eigenvalue weighted by atomic mass is 10.1. The molecule has 0 fully saturated rings. The van der Waals surface area contributed by atoms with E-state index in [2.05, 4.69) is 10.5 Å². The van der Waals surface area contributed by atoms with Gasteiger partial charge >= 0.3 is 0 Å². The van der Waals surface area contributed by atoms with E-state index in [4.69, 9.17) is 9.15 Å². The van der Waals surface area contributed by atoms with E-state index in [9.17, 15) is 20.0 Å². The van der Waals surface area contributed by atoms with Crippen molar-refractivity contribution in [3.05, 3.63) is 76.0 Å². The first-order valence-corrected chi connectivity index (χ1v) is 8.03. The third kappa shape index (κ3) is 3.98. The number of ether oxygens (including phenoxy) is 1. The highest BCUT2D eigenvalue weighted by molar-refractivity contribution is 5.97. The number of non-ortho nitro benzene ring substituents is 1. The van der Waals surface area contributed by atoms with Crippen molar-refractivity contribution in [2.75, 3.05) is 7.11 Å². The fraction of sp³-hybridized carbons (Fsp3) is 0.0526. The van der Waals surface area contributed by atoms with Gasteiger partial charge in [0.15, 0.2) is 0 Å². The summed E-state index contributed by atoms with van der Waals surface area (Å²) in [5.74, 6) is 0.321. The van der Waals surface area contributed by atoms with Crippen LogP contribution in [0.25, 0.3) is 11.3 Å². The number of hydrazone groups is 1. The number of hydrogen-bond acceptors (Lipinski definition) is 7. The zero-order chi connectivity index (χ0) is 20.1. The number of nitrogens with zero attached hydrogens (tertiary/aromatic N) is 2. The van der Waals surface area contributed by atoms with Crippen molar-refractivity contribution in [2.24, 2.45) is 5.10 Å². The maximum Gasteiger partial charge on any atom is 0.275 e. The van der Waals surface area contributed by atoms with E-state index in [0.717, 1.165) is 0 Å². The normalized spacial score (nSPS) is 10.8. The second-order valence-electron chi connectivity index (χ2n) is 5.56. The summed E-state index contributed by atoms with van der Waals surface area (Å²) in [4.78, 5) is 22.5. The van der Waals surface area contributed by atoms with E-state index in [1.54, 1.807) is 24.3 Å². The third-order valence-corrected chi connectivity index (χ3v) is 3.79. The molecule has 9 nitrogen and oxygen atoms in total. The number of nitro benzene ring substituents is 1. The quantitative estimate of drug-likeness (QED) is 0.383. The summed E-state index contributed by atoms with van der Waals surface area (Å²) in [5, 5.41) is 24.4. The first kappa shape index (κ1) is 18.6. The highest BCUT2D eigenvalue weighted by Gasteiger charge is 2.15. The predicted molar refractivity (Wildman–Crippen MR) is 101 cm³/mol. The van der Waals surface area contributed by atoms with Crippen LogP contribution in [-0.2, 0) is 0 Å². The molecule has 1 heterocycles. The number of phenols is 1. The highest BCUT2D eigenvalue weighted by Crippen LogP contribution is 2.34. The lowest BCUT2D eigenvalue weighted by Crippen LogP contribution is -2.17. The molecule has 2 N–H and O–H groups in total. The molecule has 0 bridgehead atoms. The van der Waals surface area contributed by atoms with Crippen LogP contribution in [0.1, 0.15) is 16.1 Å². The Kier molecular flexibility index (Phi) is 5.35. The summed E-state index contributed by atoms with van der Waals surface area (Å²) >= 11 is 0. The van der Waals surface area contributed by atoms with Crippen molar-refractivity contribution in [3.63, 3.8) is 0 Å². The van der Waals surface area contributed by atoms with E-state index >= 15 is 0 Å². The topological polar surface area (TPSA) is 127 Å². The van der Waals surface area contributed by atoms with Gasteiger partial charge in [-0.1, -0.05) is 12.1 Å². The Morgan fingerprint density at radius 1 is 1.25 bits per heavy atom. The van der Waals surface area contributed by atoms with Gasteiger partial charge in [-0.3, -0.25) is 14.9 Å². The molecule has 0 radical (unpaired) electrons. The zero-order valence-electron chi connectivity index (χ0n) is 14.7. The summed E-state index contributed by atoms with van der Waals surface area (Å²) in [5.41, 5.74) is 2.68. The second-order valence-corrected chi connectivity index (χ2v) is 5.56. The highest BCUT2D eigenvalue weighted by atomic mass is 16.6. The van der Waals surface area contributed by atoms with Crippen molar-refractivity contribution >= 4 is 17.8 Å². The summed E-state index contributed by atoms with van der Waals surface area (Å²) in [7, 11) is 1.45. The molecule has 3 rings (SSSR count). The number of carbonyl (C=O) groups is 1. The number of methoxy groups -OCH3 is 1. The molecule has 28 heavy (non-hydrogen) atoms. The van der Waals surface area contributed by atoms with Gasteiger partial charge in [-0.05, 0) is 30.3 Å². The van der Waals surface area contributed by atoms with Crippen molar-refractivity contribution in [3.8, 4) is 22.8 Å². The number of hydrogen-bond donors (Lipinski definition) is 2. The first-order valence-electron chi connectivity index (χ1n) is 8.03. The maximum atomic E-state index is 12.0. The van der Waals surface area contributed by atoms with E-state index < -0.39 is 10.8 Å². The molecule has 0 atom stereocenters. The Bertz CT molecular complexity index is 1060. The Labute approximate surface area is 159 Å². The predicted octanol–water partition coefficient (Wildman–Crippen LogP) is 3.33. The third-order valence-electron chi connectivity index (χ3n) is 3.79. The molecule has 0 aliphatic rings. The van der Waals surface area contributed by atoms with Crippen molar-refractivity contribution < 1.29 is 24.0 Å². The molecular formula is C19H15N3O6. The van der Waals surface area contributed by atoms with Gasteiger partial charge in [0, 0.05) is 12.1 Å². The molecule has 0 aliphatic heterocycles. The molecule has 0 saturated heterocycles. The Morgan fingerprint density at radius 2 is 2.04 bits per heavy atom. The van der Waals surface area contributed by atoms with Gasteiger partial charge in [-0.25, -0.2) is 5.43 Å². The minimum Gasteiger partial charge on any atom is -0.507 e. The minimum atomic E-state index is -0.582. The van der Waals surface area contributed by atoms with Crippen LogP contribution in [0.3, 0.4) is 0 Å². The summed E-state index contributed by atoms with van der Waals surface area (Å²) in [6.07, 6.45) is 1.27. The Hall–Kier alpha value is -4.14. The number of rotatable bonds is 6. The van der Waals surface area contributed by atoms with Crippen molar-refractivity contribution in [2.45, 2.75) is 0 Å². The number of amides is 1. The lowest BCUT2D eigenvalue weighted by molar-refractivity contribution is -0.384. The smallest absolute Gasteiger partial charge is 0.275 e. The Balaban J connectivity index is 1.77. The van der Waals surface area contributed by atoms with Gasteiger partial charge in [0.2, 0.25) is 0 Å². The largest absolute Gasteiger partial charge is 0.507 e. The standard InChI is InChI=1S/C19H15N3O6/c1-27-17-8-6-12(22(25)26)10-15(17)18-9-7-13(28-18)11-20-21-19(24)14-4-2-3-5-16(14)23/h2-11,23H,1H3,(H,21,24)/b20-11+. The summed E-state index contributed by atoms with van der Waals surface area (Å²) in [6, 6.07) is 13.4. The number of nitrogens with one attached hydrogen (secondary N) is 1. The average molecular weight is 381 g/mol. The molecule has 1 amide bonds. The number of furan rings is 1. The van der Waals surface area contributed by atoms with Gasteiger partial charge < -0.3 is 14.3 Å². The SMILES string of the molecule is COc1ccc([N+](=O)[O-])cc1-c1ccc(/C=N/NC(=O)c2ccccc2O)o1. The van der Waals surface area contributed by atoms with E-state index in [-0.39, 0.29) is 17.0 Å². The van der Waals surface area contributed by atoms with Gasteiger partial charge in [-0.15, -0.1) is 0 Å². The first-order chi connectivity index (χ1) is 13.5. The van der Waals surface area contributed by atoms with Crippen LogP contribution in [0.4, 0.5) is 5.69 Å². The molecule has 0 aliphatic carbocycles. The molecule has 2 aromatic carbocycles. The maximum absolute atomic E-state index is 12.0. The van der Waals surface area contributed by atoms with Crippen molar-refractivity contribution in [1.82, 2.24) is 5.43 Å². The molecule has 1 aromatic heterocycles. The lowest BCUT2D eigenvalue weighted by Gasteiger charge is -2.05. The van der Waals surface area contributed by atoms with Crippen LogP contribution in [0.2, 0.25) is 0 Å². The molecule has 3 aromatic rings. The molecule has 0 spiro atoms. The second kappa shape index (κ2) is 8.04. The van der Waals surface area contributed by atoms with Crippen LogP contribution in [0.5, 0.6) is 11.5 Å². The number of benzene rings is 2. The number of para-hydroxylation sites is 1. The molecular weight excluding hydrogens is 366 g/mol. The van der Waals surface area contributed by atoms with E-state index in [1.165, 1.54) is 43.7 Å². The number of carbonyl (C=O) groups excluding carboxylic acids is 1. The summed E-state index contributed by atoms with van der Waals surface area (Å²) in [6.45, 7) is 0. The molecule has 0 unspecified atom stereocenters. The van der Waals surface area contributed by atoms with Crippen LogP contribution in [-0.4, -0.2) is 29.3 Å². The van der Waals surface area contributed by atoms with Gasteiger partial charge in [-0.2, -0.15) is 5.10 Å². The number of phenolic OH excluding ortho intramolecular Hbond substituents is 1. The number of aromatic hydroxyl groups is 1. The van der Waals surface area contributed by atoms with Gasteiger partial charge in [0.25, 0.3) is 11.6 Å². The zero-order valence-corrected chi connectivity index (χ0v) is 14.7. The fourth-order valence-corrected chi connectivity index (χ4v) is 2.45. The van der Waals surface area contributed by atoms with Crippen LogP contribution in [0.15, 0.2) is 64.1 Å². The summed E-state index contributed by atoms with van der Waals surface area (Å²) < 4.78 is 10.8. The van der Waals surface area contributed by atoms with E-state index in [0.29, 0.717) is 22.8 Å². The van der Waals surface area contributed by atoms with Gasteiger partial charge in [0.05, 0.1) is 29.4 Å². The van der Waals surface area contributed by atoms with E-state index in [1.807, 2.05) is 0 Å². The van der Waals surface area contributed by atoms with Crippen LogP contribution >= 0.6 is 0 Å². The average Bonchev–Trinajstić information content (AvgIpc) is 3.16. The van der Waals surface area contributed by atoms with Crippen LogP contribution < -0.4 is 10.2 Å².